The van der Waals surface area contributed by atoms with Crippen molar-refractivity contribution in [3.05, 3.63) is 54.7 Å². The van der Waals surface area contributed by atoms with E-state index in [2.05, 4.69) is 45.4 Å². The summed E-state index contributed by atoms with van der Waals surface area (Å²) in [5, 5.41) is 6.38. The maximum Gasteiger partial charge on any atom is 0.0656 e. The van der Waals surface area contributed by atoms with Gasteiger partial charge in [0.05, 0.1) is 2.88 Å². The Bertz CT molecular complexity index is 498. The first-order valence-corrected chi connectivity index (χ1v) is 7.68. The van der Waals surface area contributed by atoms with Gasteiger partial charge in [0.1, 0.15) is 0 Å². The second-order valence-corrected chi connectivity index (χ2v) is 7.10. The Labute approximate surface area is 124 Å². The molecule has 0 fully saturated rings. The Balaban J connectivity index is 2.15. The van der Waals surface area contributed by atoms with Crippen LogP contribution in [-0.4, -0.2) is 7.05 Å². The van der Waals surface area contributed by atoms with E-state index in [1.807, 2.05) is 25.2 Å². The van der Waals surface area contributed by atoms with Crippen LogP contribution in [0.3, 0.4) is 0 Å². The van der Waals surface area contributed by atoms with E-state index in [0.717, 1.165) is 11.4 Å². The second kappa shape index (κ2) is 6.18. The van der Waals surface area contributed by atoms with Crippen molar-refractivity contribution in [2.45, 2.75) is 12.5 Å². The Kier molecular flexibility index (Phi) is 4.85. The standard InChI is InChI=1S/C13H13ClINS/c1-16-12(10-7-13(15)17-8-10)6-9-3-2-4-11(14)5-9/h2-5,7-8,12,16H,6H2,1H3. The van der Waals surface area contributed by atoms with Gasteiger partial charge in [-0.2, -0.15) is 0 Å². The molecule has 0 aliphatic carbocycles. The molecule has 1 aromatic carbocycles. The number of thiophene rings is 1. The molecule has 1 atom stereocenters. The van der Waals surface area contributed by atoms with Crippen LogP contribution < -0.4 is 5.32 Å². The largest absolute Gasteiger partial charge is 0.313 e. The lowest BCUT2D eigenvalue weighted by Crippen LogP contribution is -2.18. The third-order valence-corrected chi connectivity index (χ3v) is 4.71. The van der Waals surface area contributed by atoms with Crippen molar-refractivity contribution in [3.63, 3.8) is 0 Å². The molecule has 2 rings (SSSR count). The van der Waals surface area contributed by atoms with Crippen molar-refractivity contribution in [3.8, 4) is 0 Å². The smallest absolute Gasteiger partial charge is 0.0656 e. The summed E-state index contributed by atoms with van der Waals surface area (Å²) < 4.78 is 1.32. The minimum atomic E-state index is 0.355. The highest BCUT2D eigenvalue weighted by molar-refractivity contribution is 14.1. The van der Waals surface area contributed by atoms with Crippen LogP contribution in [0.2, 0.25) is 5.02 Å². The molecule has 17 heavy (non-hydrogen) atoms. The van der Waals surface area contributed by atoms with Crippen LogP contribution in [0.5, 0.6) is 0 Å². The number of hydrogen-bond donors (Lipinski definition) is 1. The SMILES string of the molecule is CNC(Cc1cccc(Cl)c1)c1csc(I)c1. The minimum absolute atomic E-state index is 0.355. The van der Waals surface area contributed by atoms with Crippen LogP contribution in [0.25, 0.3) is 0 Å². The molecule has 0 amide bonds. The fraction of sp³-hybridized carbons (Fsp3) is 0.231. The molecule has 2 aromatic rings. The monoisotopic (exact) mass is 377 g/mol. The summed E-state index contributed by atoms with van der Waals surface area (Å²) in [6.45, 7) is 0. The van der Waals surface area contributed by atoms with Crippen molar-refractivity contribution in [1.82, 2.24) is 5.32 Å². The number of likely N-dealkylation sites (N-methyl/N-ethyl adjacent to an activating group) is 1. The molecule has 1 N–H and O–H groups in total. The first-order chi connectivity index (χ1) is 8.19. The van der Waals surface area contributed by atoms with Crippen LogP contribution in [0, 0.1) is 2.88 Å². The fourth-order valence-corrected chi connectivity index (χ4v) is 3.43. The number of benzene rings is 1. The molecule has 1 nitrogen and oxygen atoms in total. The topological polar surface area (TPSA) is 12.0 Å². The number of halogens is 2. The van der Waals surface area contributed by atoms with E-state index in [1.54, 1.807) is 11.3 Å². The summed E-state index contributed by atoms with van der Waals surface area (Å²) >= 11 is 10.1. The third-order valence-electron chi connectivity index (χ3n) is 2.67. The van der Waals surface area contributed by atoms with Crippen LogP contribution in [0.15, 0.2) is 35.7 Å². The molecule has 0 aliphatic heterocycles. The predicted octanol–water partition coefficient (Wildman–Crippen LogP) is 4.51. The molecule has 0 saturated carbocycles. The quantitative estimate of drug-likeness (QED) is 0.773. The summed E-state index contributed by atoms with van der Waals surface area (Å²) in [4.78, 5) is 0. The molecule has 0 saturated heterocycles. The number of hydrogen-bond acceptors (Lipinski definition) is 2. The van der Waals surface area contributed by atoms with Gasteiger partial charge in [-0.25, -0.2) is 0 Å². The lowest BCUT2D eigenvalue weighted by atomic mass is 10.0. The maximum atomic E-state index is 6.00. The average Bonchev–Trinajstić information content (AvgIpc) is 2.73. The van der Waals surface area contributed by atoms with Gasteiger partial charge in [-0.3, -0.25) is 0 Å². The summed E-state index contributed by atoms with van der Waals surface area (Å²) in [5.74, 6) is 0. The molecular weight excluding hydrogens is 365 g/mol. The van der Waals surface area contributed by atoms with Crippen molar-refractivity contribution >= 4 is 45.5 Å². The van der Waals surface area contributed by atoms with Crippen molar-refractivity contribution in [2.75, 3.05) is 7.05 Å². The van der Waals surface area contributed by atoms with Crippen LogP contribution in [0.1, 0.15) is 17.2 Å². The molecule has 0 spiro atoms. The minimum Gasteiger partial charge on any atom is -0.313 e. The Morgan fingerprint density at radius 3 is 2.82 bits per heavy atom. The van der Waals surface area contributed by atoms with Gasteiger partial charge < -0.3 is 5.32 Å². The summed E-state index contributed by atoms with van der Waals surface area (Å²) in [6, 6.07) is 10.6. The van der Waals surface area contributed by atoms with E-state index in [9.17, 15) is 0 Å². The van der Waals surface area contributed by atoms with Gasteiger partial charge in [0.25, 0.3) is 0 Å². The lowest BCUT2D eigenvalue weighted by Gasteiger charge is -2.15. The first-order valence-electron chi connectivity index (χ1n) is 5.34. The maximum absolute atomic E-state index is 6.00. The molecule has 0 aliphatic rings. The summed E-state index contributed by atoms with van der Waals surface area (Å²) in [6.07, 6.45) is 0.962. The molecule has 4 heteroatoms. The zero-order valence-electron chi connectivity index (χ0n) is 9.41. The van der Waals surface area contributed by atoms with Gasteiger partial charge in [0.2, 0.25) is 0 Å². The summed E-state index contributed by atoms with van der Waals surface area (Å²) in [7, 11) is 2.00. The third kappa shape index (κ3) is 3.68. The van der Waals surface area contributed by atoms with E-state index in [1.165, 1.54) is 14.0 Å². The fourth-order valence-electron chi connectivity index (χ4n) is 1.79. The zero-order chi connectivity index (χ0) is 12.3. The van der Waals surface area contributed by atoms with Crippen molar-refractivity contribution in [1.29, 1.82) is 0 Å². The van der Waals surface area contributed by atoms with Gasteiger partial charge in [-0.05, 0) is 70.8 Å². The van der Waals surface area contributed by atoms with E-state index in [-0.39, 0.29) is 0 Å². The zero-order valence-corrected chi connectivity index (χ0v) is 13.1. The molecular formula is C13H13ClINS. The average molecular weight is 378 g/mol. The van der Waals surface area contributed by atoms with E-state index in [0.29, 0.717) is 6.04 Å². The van der Waals surface area contributed by atoms with E-state index >= 15 is 0 Å². The molecule has 90 valence electrons. The lowest BCUT2D eigenvalue weighted by molar-refractivity contribution is 0.594. The van der Waals surface area contributed by atoms with Crippen molar-refractivity contribution < 1.29 is 0 Å². The highest BCUT2D eigenvalue weighted by Crippen LogP contribution is 2.25. The number of nitrogens with one attached hydrogen (secondary N) is 1. The van der Waals surface area contributed by atoms with Gasteiger partial charge in [0, 0.05) is 11.1 Å². The molecule has 0 bridgehead atoms. The molecule has 0 radical (unpaired) electrons. The highest BCUT2D eigenvalue weighted by Gasteiger charge is 2.11. The van der Waals surface area contributed by atoms with Crippen LogP contribution in [-0.2, 0) is 6.42 Å². The normalized spacial score (nSPS) is 12.6. The van der Waals surface area contributed by atoms with Gasteiger partial charge >= 0.3 is 0 Å². The van der Waals surface area contributed by atoms with Gasteiger partial charge in [-0.1, -0.05) is 23.7 Å². The first kappa shape index (κ1) is 13.3. The molecule has 1 unspecified atom stereocenters. The van der Waals surface area contributed by atoms with E-state index in [4.69, 9.17) is 11.6 Å². The van der Waals surface area contributed by atoms with Gasteiger partial charge in [-0.15, -0.1) is 11.3 Å². The Hall–Kier alpha value is -0.100. The predicted molar refractivity (Wildman–Crippen MR) is 84.0 cm³/mol. The molecule has 1 heterocycles. The Morgan fingerprint density at radius 1 is 1.41 bits per heavy atom. The van der Waals surface area contributed by atoms with Gasteiger partial charge in [0.15, 0.2) is 0 Å². The van der Waals surface area contributed by atoms with Crippen LogP contribution >= 0.6 is 45.5 Å². The Morgan fingerprint density at radius 2 is 2.24 bits per heavy atom. The number of rotatable bonds is 4. The van der Waals surface area contributed by atoms with Crippen LogP contribution in [0.4, 0.5) is 0 Å². The second-order valence-electron chi connectivity index (χ2n) is 3.86. The summed E-state index contributed by atoms with van der Waals surface area (Å²) in [5.41, 5.74) is 2.61. The van der Waals surface area contributed by atoms with E-state index < -0.39 is 0 Å². The molecule has 1 aromatic heterocycles. The van der Waals surface area contributed by atoms with Crippen molar-refractivity contribution in [2.24, 2.45) is 0 Å². The highest BCUT2D eigenvalue weighted by atomic mass is 127.